The molecule has 1 amide bonds. The van der Waals surface area contributed by atoms with Crippen molar-refractivity contribution in [2.75, 3.05) is 32.7 Å². The topological polar surface area (TPSA) is 53.2 Å². The van der Waals surface area contributed by atoms with Crippen molar-refractivity contribution >= 4 is 5.91 Å². The minimum Gasteiger partial charge on any atom is -0.355 e. The molecule has 1 rings (SSSR count). The minimum atomic E-state index is 0.109. The fourth-order valence-corrected chi connectivity index (χ4v) is 1.87. The first kappa shape index (κ1) is 13.5. The summed E-state index contributed by atoms with van der Waals surface area (Å²) in [6.45, 7) is 8.59. The summed E-state index contributed by atoms with van der Waals surface area (Å²) in [5, 5.41) is 9.50. The van der Waals surface area contributed by atoms with E-state index in [1.54, 1.807) is 0 Å². The Morgan fingerprint density at radius 2 is 2.31 bits per heavy atom. The molecule has 16 heavy (non-hydrogen) atoms. The van der Waals surface area contributed by atoms with Gasteiger partial charge in [0.05, 0.1) is 6.54 Å². The van der Waals surface area contributed by atoms with Crippen molar-refractivity contribution < 1.29 is 4.79 Å². The van der Waals surface area contributed by atoms with Gasteiger partial charge in [0.2, 0.25) is 5.91 Å². The molecule has 3 N–H and O–H groups in total. The van der Waals surface area contributed by atoms with Crippen LogP contribution >= 0.6 is 0 Å². The van der Waals surface area contributed by atoms with Gasteiger partial charge in [-0.2, -0.15) is 0 Å². The van der Waals surface area contributed by atoms with Crippen molar-refractivity contribution in [3.8, 4) is 0 Å². The van der Waals surface area contributed by atoms with Crippen molar-refractivity contribution in [1.29, 1.82) is 0 Å². The van der Waals surface area contributed by atoms with Crippen LogP contribution in [0.15, 0.2) is 0 Å². The maximum absolute atomic E-state index is 11.4. The molecule has 0 aromatic heterocycles. The molecule has 1 saturated heterocycles. The molecule has 0 spiro atoms. The van der Waals surface area contributed by atoms with Crippen LogP contribution in [0.4, 0.5) is 0 Å². The number of carbonyl (C=O) groups excluding carboxylic acids is 1. The van der Waals surface area contributed by atoms with E-state index in [4.69, 9.17) is 0 Å². The molecule has 4 nitrogen and oxygen atoms in total. The van der Waals surface area contributed by atoms with E-state index < -0.39 is 0 Å². The second-order valence-corrected chi connectivity index (χ2v) is 5.04. The van der Waals surface area contributed by atoms with Gasteiger partial charge in [0.15, 0.2) is 0 Å². The van der Waals surface area contributed by atoms with Gasteiger partial charge >= 0.3 is 0 Å². The molecule has 4 heteroatoms. The normalized spacial score (nSPS) is 21.1. The Balaban J connectivity index is 1.99. The fraction of sp³-hybridized carbons (Fsp3) is 0.917. The molecule has 94 valence electrons. The zero-order valence-corrected chi connectivity index (χ0v) is 10.5. The molecule has 1 heterocycles. The Labute approximate surface area is 98.6 Å². The first-order chi connectivity index (χ1) is 7.68. The Morgan fingerprint density at radius 3 is 2.94 bits per heavy atom. The molecular formula is C12H25N3O. The van der Waals surface area contributed by atoms with Crippen LogP contribution in [-0.2, 0) is 4.79 Å². The Bertz CT molecular complexity index is 200. The van der Waals surface area contributed by atoms with Gasteiger partial charge in [0.1, 0.15) is 0 Å². The van der Waals surface area contributed by atoms with Crippen molar-refractivity contribution in [1.82, 2.24) is 16.0 Å². The van der Waals surface area contributed by atoms with Crippen molar-refractivity contribution in [3.05, 3.63) is 0 Å². The molecule has 1 unspecified atom stereocenters. The summed E-state index contributed by atoms with van der Waals surface area (Å²) in [6, 6.07) is 0. The van der Waals surface area contributed by atoms with Crippen molar-refractivity contribution in [2.24, 2.45) is 11.8 Å². The van der Waals surface area contributed by atoms with Gasteiger partial charge in [0.25, 0.3) is 0 Å². The third kappa shape index (κ3) is 6.08. The maximum atomic E-state index is 11.4. The molecule has 0 aromatic rings. The largest absolute Gasteiger partial charge is 0.355 e. The summed E-state index contributed by atoms with van der Waals surface area (Å²) in [5.41, 5.74) is 0. The number of nitrogens with one attached hydrogen (secondary N) is 3. The molecule has 1 atom stereocenters. The number of carbonyl (C=O) groups is 1. The Morgan fingerprint density at radius 1 is 1.50 bits per heavy atom. The van der Waals surface area contributed by atoms with Crippen LogP contribution < -0.4 is 16.0 Å². The molecule has 0 saturated carbocycles. The van der Waals surface area contributed by atoms with Gasteiger partial charge in [0, 0.05) is 6.54 Å². The predicted molar refractivity (Wildman–Crippen MR) is 66.3 cm³/mol. The minimum absolute atomic E-state index is 0.109. The molecule has 1 aliphatic heterocycles. The van der Waals surface area contributed by atoms with Gasteiger partial charge in [-0.15, -0.1) is 0 Å². The highest BCUT2D eigenvalue weighted by Crippen LogP contribution is 2.07. The van der Waals surface area contributed by atoms with Crippen LogP contribution in [0.5, 0.6) is 0 Å². The monoisotopic (exact) mass is 227 g/mol. The standard InChI is InChI=1S/C12H25N3O/c1-10(2)6-15-12(16)9-14-8-11-4-3-5-13-7-11/h10-11,13-14H,3-9H2,1-2H3,(H,15,16). The van der Waals surface area contributed by atoms with Crippen LogP contribution in [-0.4, -0.2) is 38.6 Å². The second kappa shape index (κ2) is 7.63. The summed E-state index contributed by atoms with van der Waals surface area (Å²) in [5.74, 6) is 1.32. The van der Waals surface area contributed by atoms with E-state index in [9.17, 15) is 4.79 Å². The third-order valence-electron chi connectivity index (χ3n) is 2.82. The van der Waals surface area contributed by atoms with Gasteiger partial charge in [-0.3, -0.25) is 4.79 Å². The second-order valence-electron chi connectivity index (χ2n) is 5.04. The van der Waals surface area contributed by atoms with Crippen LogP contribution in [0.3, 0.4) is 0 Å². The van der Waals surface area contributed by atoms with Crippen LogP contribution in [0, 0.1) is 11.8 Å². The highest BCUT2D eigenvalue weighted by atomic mass is 16.1. The third-order valence-corrected chi connectivity index (χ3v) is 2.82. The number of hydrogen-bond acceptors (Lipinski definition) is 3. The molecule has 0 aromatic carbocycles. The lowest BCUT2D eigenvalue weighted by Crippen LogP contribution is -2.40. The first-order valence-electron chi connectivity index (χ1n) is 6.36. The van der Waals surface area contributed by atoms with Crippen LogP contribution in [0.1, 0.15) is 26.7 Å². The van der Waals surface area contributed by atoms with Crippen LogP contribution in [0.25, 0.3) is 0 Å². The van der Waals surface area contributed by atoms with E-state index in [1.807, 2.05) is 0 Å². The quantitative estimate of drug-likeness (QED) is 0.613. The number of amides is 1. The lowest BCUT2D eigenvalue weighted by molar-refractivity contribution is -0.120. The van der Waals surface area contributed by atoms with E-state index in [-0.39, 0.29) is 5.91 Å². The molecular weight excluding hydrogens is 202 g/mol. The Hall–Kier alpha value is -0.610. The van der Waals surface area contributed by atoms with Crippen molar-refractivity contribution in [2.45, 2.75) is 26.7 Å². The summed E-state index contributed by atoms with van der Waals surface area (Å²) in [6.07, 6.45) is 2.53. The van der Waals surface area contributed by atoms with Crippen LogP contribution in [0.2, 0.25) is 0 Å². The summed E-state index contributed by atoms with van der Waals surface area (Å²) < 4.78 is 0. The first-order valence-corrected chi connectivity index (χ1v) is 6.36. The highest BCUT2D eigenvalue weighted by molar-refractivity contribution is 5.77. The zero-order chi connectivity index (χ0) is 11.8. The lowest BCUT2D eigenvalue weighted by Gasteiger charge is -2.22. The molecule has 0 aliphatic carbocycles. The Kier molecular flexibility index (Phi) is 6.42. The van der Waals surface area contributed by atoms with E-state index in [0.717, 1.165) is 26.2 Å². The molecule has 0 bridgehead atoms. The SMILES string of the molecule is CC(C)CNC(=O)CNCC1CCCNC1. The molecule has 1 fully saturated rings. The molecule has 1 aliphatic rings. The van der Waals surface area contributed by atoms with Gasteiger partial charge in [-0.25, -0.2) is 0 Å². The maximum Gasteiger partial charge on any atom is 0.233 e. The fourth-order valence-electron chi connectivity index (χ4n) is 1.87. The van der Waals surface area contributed by atoms with E-state index in [1.165, 1.54) is 12.8 Å². The molecule has 0 radical (unpaired) electrons. The number of hydrogen-bond donors (Lipinski definition) is 3. The zero-order valence-electron chi connectivity index (χ0n) is 10.5. The van der Waals surface area contributed by atoms with E-state index >= 15 is 0 Å². The lowest BCUT2D eigenvalue weighted by atomic mass is 10.00. The highest BCUT2D eigenvalue weighted by Gasteiger charge is 2.12. The summed E-state index contributed by atoms with van der Waals surface area (Å²) in [4.78, 5) is 11.4. The number of rotatable bonds is 6. The average Bonchev–Trinajstić information content (AvgIpc) is 2.28. The van der Waals surface area contributed by atoms with E-state index in [0.29, 0.717) is 18.4 Å². The van der Waals surface area contributed by atoms with E-state index in [2.05, 4.69) is 29.8 Å². The van der Waals surface area contributed by atoms with Gasteiger partial charge in [-0.1, -0.05) is 13.8 Å². The van der Waals surface area contributed by atoms with Gasteiger partial charge in [-0.05, 0) is 44.3 Å². The smallest absolute Gasteiger partial charge is 0.233 e. The van der Waals surface area contributed by atoms with Gasteiger partial charge < -0.3 is 16.0 Å². The average molecular weight is 227 g/mol. The summed E-state index contributed by atoms with van der Waals surface area (Å²) in [7, 11) is 0. The predicted octanol–water partition coefficient (Wildman–Crippen LogP) is 0.348. The number of piperidine rings is 1. The van der Waals surface area contributed by atoms with Crippen molar-refractivity contribution in [3.63, 3.8) is 0 Å². The summed E-state index contributed by atoms with van der Waals surface area (Å²) >= 11 is 0.